The predicted octanol–water partition coefficient (Wildman–Crippen LogP) is 1.51. The number of rotatable bonds is 3. The maximum absolute atomic E-state index is 13.0. The van der Waals surface area contributed by atoms with Gasteiger partial charge in [0.05, 0.1) is 5.02 Å². The molecular formula is C12H14ClFN2O3S. The van der Waals surface area contributed by atoms with Crippen molar-refractivity contribution in [2.45, 2.75) is 30.2 Å². The predicted molar refractivity (Wildman–Crippen MR) is 72.1 cm³/mol. The number of hydrogen-bond acceptors (Lipinski definition) is 3. The molecule has 1 heterocycles. The van der Waals surface area contributed by atoms with Gasteiger partial charge >= 0.3 is 0 Å². The summed E-state index contributed by atoms with van der Waals surface area (Å²) < 4.78 is 39.2. The molecule has 1 aromatic rings. The van der Waals surface area contributed by atoms with Gasteiger partial charge in [0.15, 0.2) is 0 Å². The summed E-state index contributed by atoms with van der Waals surface area (Å²) in [6.07, 6.45) is 1.76. The monoisotopic (exact) mass is 320 g/mol. The summed E-state index contributed by atoms with van der Waals surface area (Å²) in [4.78, 5) is 11.2. The topological polar surface area (TPSA) is 80.5 Å². The summed E-state index contributed by atoms with van der Waals surface area (Å²) in [7, 11) is -3.97. The lowest BCUT2D eigenvalue weighted by Crippen LogP contribution is -2.50. The van der Waals surface area contributed by atoms with Gasteiger partial charge < -0.3 is 5.73 Å². The molecule has 0 aliphatic carbocycles. The zero-order valence-corrected chi connectivity index (χ0v) is 12.1. The number of hydrogen-bond donors (Lipinski definition) is 1. The maximum atomic E-state index is 13.0. The normalized spacial score (nSPS) is 20.8. The van der Waals surface area contributed by atoms with Crippen LogP contribution in [0.3, 0.4) is 0 Å². The quantitative estimate of drug-likeness (QED) is 0.916. The van der Waals surface area contributed by atoms with E-state index in [9.17, 15) is 17.6 Å². The Morgan fingerprint density at radius 3 is 2.70 bits per heavy atom. The van der Waals surface area contributed by atoms with Crippen molar-refractivity contribution in [1.82, 2.24) is 4.31 Å². The van der Waals surface area contributed by atoms with Crippen molar-refractivity contribution < 1.29 is 17.6 Å². The minimum atomic E-state index is -3.97. The van der Waals surface area contributed by atoms with E-state index in [4.69, 9.17) is 17.3 Å². The molecule has 0 saturated carbocycles. The third kappa shape index (κ3) is 2.79. The summed E-state index contributed by atoms with van der Waals surface area (Å²) in [5.41, 5.74) is 5.26. The molecule has 2 rings (SSSR count). The van der Waals surface area contributed by atoms with Crippen molar-refractivity contribution >= 4 is 27.5 Å². The van der Waals surface area contributed by atoms with Gasteiger partial charge in [-0.15, -0.1) is 0 Å². The van der Waals surface area contributed by atoms with Crippen LogP contribution in [0, 0.1) is 5.82 Å². The number of benzene rings is 1. The van der Waals surface area contributed by atoms with Crippen LogP contribution in [0.4, 0.5) is 4.39 Å². The van der Waals surface area contributed by atoms with Crippen molar-refractivity contribution in [2.75, 3.05) is 6.54 Å². The van der Waals surface area contributed by atoms with Crippen LogP contribution in [0.1, 0.15) is 19.3 Å². The Labute approximate surface area is 121 Å². The fraction of sp³-hybridized carbons (Fsp3) is 0.417. The molecule has 8 heteroatoms. The Morgan fingerprint density at radius 1 is 1.40 bits per heavy atom. The van der Waals surface area contributed by atoms with Gasteiger partial charge in [0.25, 0.3) is 0 Å². The average Bonchev–Trinajstić information content (AvgIpc) is 2.38. The largest absolute Gasteiger partial charge is 0.368 e. The van der Waals surface area contributed by atoms with Crippen molar-refractivity contribution in [3.63, 3.8) is 0 Å². The molecule has 0 bridgehead atoms. The summed E-state index contributed by atoms with van der Waals surface area (Å²) in [6, 6.07) is 2.16. The minimum Gasteiger partial charge on any atom is -0.368 e. The SMILES string of the molecule is NC(=O)[C@H]1CCCCN1S(=O)(=O)c1ccc(F)cc1Cl. The zero-order chi connectivity index (χ0) is 14.9. The highest BCUT2D eigenvalue weighted by molar-refractivity contribution is 7.89. The van der Waals surface area contributed by atoms with Gasteiger partial charge in [-0.1, -0.05) is 18.0 Å². The number of primary amides is 1. The lowest BCUT2D eigenvalue weighted by Gasteiger charge is -2.32. The van der Waals surface area contributed by atoms with E-state index in [1.807, 2.05) is 0 Å². The first-order valence-electron chi connectivity index (χ1n) is 6.10. The zero-order valence-electron chi connectivity index (χ0n) is 10.6. The van der Waals surface area contributed by atoms with Crippen LogP contribution in [0.2, 0.25) is 5.02 Å². The van der Waals surface area contributed by atoms with Crippen LogP contribution >= 0.6 is 11.6 Å². The Bertz CT molecular complexity index is 636. The number of carbonyl (C=O) groups excluding carboxylic acids is 1. The van der Waals surface area contributed by atoms with Crippen molar-refractivity contribution in [2.24, 2.45) is 5.73 Å². The first kappa shape index (κ1) is 15.2. The van der Waals surface area contributed by atoms with E-state index in [0.717, 1.165) is 28.9 Å². The van der Waals surface area contributed by atoms with E-state index in [2.05, 4.69) is 0 Å². The first-order chi connectivity index (χ1) is 9.34. The third-order valence-electron chi connectivity index (χ3n) is 3.26. The molecule has 0 spiro atoms. The molecule has 5 nitrogen and oxygen atoms in total. The van der Waals surface area contributed by atoms with E-state index >= 15 is 0 Å². The van der Waals surface area contributed by atoms with Crippen LogP contribution in [-0.4, -0.2) is 31.2 Å². The van der Waals surface area contributed by atoms with Crippen molar-refractivity contribution in [1.29, 1.82) is 0 Å². The van der Waals surface area contributed by atoms with Gasteiger partial charge in [0, 0.05) is 6.54 Å². The van der Waals surface area contributed by atoms with E-state index in [-0.39, 0.29) is 16.5 Å². The number of nitrogens with two attached hydrogens (primary N) is 1. The van der Waals surface area contributed by atoms with Crippen LogP contribution < -0.4 is 5.73 Å². The highest BCUT2D eigenvalue weighted by atomic mass is 35.5. The number of nitrogens with zero attached hydrogens (tertiary/aromatic N) is 1. The first-order valence-corrected chi connectivity index (χ1v) is 7.92. The number of sulfonamides is 1. The Morgan fingerprint density at radius 2 is 2.10 bits per heavy atom. The van der Waals surface area contributed by atoms with Crippen LogP contribution in [0.15, 0.2) is 23.1 Å². The molecule has 1 aliphatic heterocycles. The molecule has 0 unspecified atom stereocenters. The lowest BCUT2D eigenvalue weighted by molar-refractivity contribution is -0.122. The molecule has 1 amide bonds. The smallest absolute Gasteiger partial charge is 0.245 e. The molecule has 1 atom stereocenters. The van der Waals surface area contributed by atoms with Crippen molar-refractivity contribution in [3.8, 4) is 0 Å². The second kappa shape index (κ2) is 5.67. The molecule has 2 N–H and O–H groups in total. The average molecular weight is 321 g/mol. The fourth-order valence-corrected chi connectivity index (χ4v) is 4.46. The number of amides is 1. The molecule has 0 aromatic heterocycles. The molecule has 110 valence electrons. The second-order valence-corrected chi connectivity index (χ2v) is 6.87. The van der Waals surface area contributed by atoms with E-state index in [1.54, 1.807) is 0 Å². The lowest BCUT2D eigenvalue weighted by atomic mass is 10.0. The Kier molecular flexibility index (Phi) is 4.31. The van der Waals surface area contributed by atoms with Gasteiger partial charge in [-0.05, 0) is 31.0 Å². The number of halogens is 2. The van der Waals surface area contributed by atoms with Gasteiger partial charge in [-0.3, -0.25) is 4.79 Å². The van der Waals surface area contributed by atoms with E-state index < -0.39 is 27.8 Å². The highest BCUT2D eigenvalue weighted by Crippen LogP contribution is 2.29. The Balaban J connectivity index is 2.45. The summed E-state index contributed by atoms with van der Waals surface area (Å²) >= 11 is 5.80. The number of piperidine rings is 1. The molecule has 1 aromatic carbocycles. The van der Waals surface area contributed by atoms with Gasteiger partial charge in [0.1, 0.15) is 16.8 Å². The molecule has 1 aliphatic rings. The summed E-state index contributed by atoms with van der Waals surface area (Å²) in [6.45, 7) is 0.198. The number of carbonyl (C=O) groups is 1. The molecule has 0 radical (unpaired) electrons. The molecular weight excluding hydrogens is 307 g/mol. The fourth-order valence-electron chi connectivity index (χ4n) is 2.29. The van der Waals surface area contributed by atoms with Crippen LogP contribution in [-0.2, 0) is 14.8 Å². The molecule has 1 saturated heterocycles. The third-order valence-corrected chi connectivity index (χ3v) is 5.65. The Hall–Kier alpha value is -1.18. The van der Waals surface area contributed by atoms with E-state index in [1.165, 1.54) is 0 Å². The van der Waals surface area contributed by atoms with Gasteiger partial charge in [0.2, 0.25) is 15.9 Å². The highest BCUT2D eigenvalue weighted by Gasteiger charge is 2.37. The summed E-state index contributed by atoms with van der Waals surface area (Å²) in [5.74, 6) is -1.31. The maximum Gasteiger partial charge on any atom is 0.245 e. The summed E-state index contributed by atoms with van der Waals surface area (Å²) in [5, 5.41) is -0.209. The molecule has 20 heavy (non-hydrogen) atoms. The standard InChI is InChI=1S/C12H14ClFN2O3S/c13-9-7-8(14)4-5-11(9)20(18,19)16-6-2-1-3-10(16)12(15)17/h4-5,7,10H,1-3,6H2,(H2,15,17)/t10-/m1/s1. The second-order valence-electron chi connectivity index (χ2n) is 4.60. The van der Waals surface area contributed by atoms with Gasteiger partial charge in [-0.2, -0.15) is 4.31 Å². The van der Waals surface area contributed by atoms with Crippen molar-refractivity contribution in [3.05, 3.63) is 29.0 Å². The van der Waals surface area contributed by atoms with Crippen LogP contribution in [0.5, 0.6) is 0 Å². The minimum absolute atomic E-state index is 0.198. The molecule has 1 fully saturated rings. The van der Waals surface area contributed by atoms with Crippen LogP contribution in [0.25, 0.3) is 0 Å². The van der Waals surface area contributed by atoms with E-state index in [0.29, 0.717) is 12.8 Å². The van der Waals surface area contributed by atoms with Gasteiger partial charge in [-0.25, -0.2) is 12.8 Å².